The number of benzene rings is 1. The van der Waals surface area contributed by atoms with Gasteiger partial charge in [0.05, 0.1) is 6.04 Å². The molecule has 130 valence electrons. The quantitative estimate of drug-likeness (QED) is 0.791. The maximum Gasteiger partial charge on any atom is 0.239 e. The third-order valence-corrected chi connectivity index (χ3v) is 4.51. The minimum absolute atomic E-state index is 0.0843. The van der Waals surface area contributed by atoms with Crippen molar-refractivity contribution in [2.75, 3.05) is 5.75 Å². The first-order valence-electron chi connectivity index (χ1n) is 7.94. The highest BCUT2D eigenvalue weighted by Gasteiger charge is 2.16. The van der Waals surface area contributed by atoms with E-state index in [0.717, 1.165) is 5.56 Å². The summed E-state index contributed by atoms with van der Waals surface area (Å²) in [4.78, 5) is 16.2. The molecule has 6 nitrogen and oxygen atoms in total. The highest BCUT2D eigenvalue weighted by Crippen LogP contribution is 2.11. The van der Waals surface area contributed by atoms with Crippen molar-refractivity contribution in [1.29, 1.82) is 0 Å². The molecule has 2 rings (SSSR count). The van der Waals surface area contributed by atoms with Crippen molar-refractivity contribution in [2.45, 2.75) is 39.0 Å². The highest BCUT2D eigenvalue weighted by atomic mass is 32.2. The molecule has 7 heteroatoms. The molecular weight excluding hydrogens is 326 g/mol. The Hall–Kier alpha value is -2.02. The minimum Gasteiger partial charge on any atom is -0.349 e. The predicted molar refractivity (Wildman–Crippen MR) is 92.6 cm³/mol. The van der Waals surface area contributed by atoms with Crippen LogP contribution in [-0.4, -0.2) is 26.0 Å². The number of amides is 1. The number of nitrogens with zero attached hydrogens (tertiary/aromatic N) is 2. The second kappa shape index (κ2) is 8.73. The zero-order valence-corrected chi connectivity index (χ0v) is 15.0. The van der Waals surface area contributed by atoms with Gasteiger partial charge in [0.1, 0.15) is 11.5 Å². The SMILES string of the molecule is CC(C)Cc1noc(C[S@@](=O)CC(=O)N[C@H](C)c2ccccc2)n1. The van der Waals surface area contributed by atoms with Gasteiger partial charge in [-0.1, -0.05) is 49.3 Å². The molecule has 1 aromatic heterocycles. The average molecular weight is 349 g/mol. The molecule has 0 aliphatic carbocycles. The Morgan fingerprint density at radius 2 is 1.96 bits per heavy atom. The maximum absolute atomic E-state index is 12.1. The molecule has 2 atom stereocenters. The van der Waals surface area contributed by atoms with Gasteiger partial charge in [0.2, 0.25) is 11.8 Å². The van der Waals surface area contributed by atoms with Gasteiger partial charge in [-0.25, -0.2) is 0 Å². The van der Waals surface area contributed by atoms with Gasteiger partial charge in [0, 0.05) is 17.2 Å². The number of nitrogens with one attached hydrogen (secondary N) is 1. The summed E-state index contributed by atoms with van der Waals surface area (Å²) in [6, 6.07) is 9.51. The van der Waals surface area contributed by atoms with E-state index < -0.39 is 10.8 Å². The van der Waals surface area contributed by atoms with Crippen molar-refractivity contribution in [1.82, 2.24) is 15.5 Å². The van der Waals surface area contributed by atoms with Crippen molar-refractivity contribution >= 4 is 16.7 Å². The number of hydrogen-bond acceptors (Lipinski definition) is 5. The van der Waals surface area contributed by atoms with Crippen molar-refractivity contribution < 1.29 is 13.5 Å². The summed E-state index contributed by atoms with van der Waals surface area (Å²) in [5.41, 5.74) is 1.01. The summed E-state index contributed by atoms with van der Waals surface area (Å²) in [5.74, 6) is 1.10. The van der Waals surface area contributed by atoms with Crippen LogP contribution in [0.3, 0.4) is 0 Å². The Bertz CT molecular complexity index is 685. The van der Waals surface area contributed by atoms with E-state index in [4.69, 9.17) is 4.52 Å². The lowest BCUT2D eigenvalue weighted by atomic mass is 10.1. The van der Waals surface area contributed by atoms with E-state index in [1.807, 2.05) is 37.3 Å². The lowest BCUT2D eigenvalue weighted by Crippen LogP contribution is -2.31. The number of rotatable bonds is 8. The van der Waals surface area contributed by atoms with Crippen LogP contribution in [0, 0.1) is 5.92 Å². The van der Waals surface area contributed by atoms with E-state index in [9.17, 15) is 9.00 Å². The van der Waals surface area contributed by atoms with Gasteiger partial charge in [-0.15, -0.1) is 0 Å². The third-order valence-electron chi connectivity index (χ3n) is 3.35. The van der Waals surface area contributed by atoms with E-state index in [2.05, 4.69) is 29.3 Å². The monoisotopic (exact) mass is 349 g/mol. The van der Waals surface area contributed by atoms with Gasteiger partial charge in [0.25, 0.3) is 0 Å². The first-order valence-corrected chi connectivity index (χ1v) is 9.43. The molecule has 1 amide bonds. The van der Waals surface area contributed by atoms with Gasteiger partial charge in [-0.2, -0.15) is 4.98 Å². The fraction of sp³-hybridized carbons (Fsp3) is 0.471. The minimum atomic E-state index is -1.38. The number of hydrogen-bond donors (Lipinski definition) is 1. The zero-order chi connectivity index (χ0) is 17.5. The molecule has 0 aliphatic heterocycles. The number of carbonyl (C=O) groups excluding carboxylic acids is 1. The number of carbonyl (C=O) groups is 1. The molecule has 0 fully saturated rings. The van der Waals surface area contributed by atoms with Gasteiger partial charge >= 0.3 is 0 Å². The Morgan fingerprint density at radius 1 is 1.25 bits per heavy atom. The molecule has 0 aliphatic rings. The summed E-state index contributed by atoms with van der Waals surface area (Å²) < 4.78 is 17.2. The predicted octanol–water partition coefficient (Wildman–Crippen LogP) is 2.39. The van der Waals surface area contributed by atoms with E-state index in [-0.39, 0.29) is 23.5 Å². The Kier molecular flexibility index (Phi) is 6.66. The van der Waals surface area contributed by atoms with Crippen LogP contribution in [0.4, 0.5) is 0 Å². The molecule has 0 saturated heterocycles. The summed E-state index contributed by atoms with van der Waals surface area (Å²) >= 11 is 0. The molecule has 0 spiro atoms. The fourth-order valence-electron chi connectivity index (χ4n) is 2.24. The van der Waals surface area contributed by atoms with Crippen LogP contribution in [0.25, 0.3) is 0 Å². The second-order valence-corrected chi connectivity index (χ2v) is 7.59. The molecular formula is C17H23N3O3S. The fourth-order valence-corrected chi connectivity index (χ4v) is 3.11. The first kappa shape index (κ1) is 18.3. The van der Waals surface area contributed by atoms with Gasteiger partial charge in [0.15, 0.2) is 5.82 Å². The maximum atomic E-state index is 12.1. The lowest BCUT2D eigenvalue weighted by Gasteiger charge is -2.13. The molecule has 1 N–H and O–H groups in total. The Morgan fingerprint density at radius 3 is 2.62 bits per heavy atom. The largest absolute Gasteiger partial charge is 0.349 e. The molecule has 1 heterocycles. The van der Waals surface area contributed by atoms with E-state index in [0.29, 0.717) is 24.1 Å². The second-order valence-electron chi connectivity index (χ2n) is 6.13. The standard InChI is InChI=1S/C17H23N3O3S/c1-12(2)9-15-19-17(23-20-15)11-24(22)10-16(21)18-13(3)14-7-5-4-6-8-14/h4-8,12-13H,9-11H2,1-3H3,(H,18,21)/t13-,24+/m1/s1. The molecule has 0 radical (unpaired) electrons. The van der Waals surface area contributed by atoms with Crippen molar-refractivity contribution in [2.24, 2.45) is 5.92 Å². The average Bonchev–Trinajstić information content (AvgIpc) is 2.93. The van der Waals surface area contributed by atoms with Crippen LogP contribution < -0.4 is 5.32 Å². The molecule has 2 aromatic rings. The molecule has 0 unspecified atom stereocenters. The normalized spacial score (nSPS) is 13.7. The van der Waals surface area contributed by atoms with Crippen molar-refractivity contribution in [3.8, 4) is 0 Å². The lowest BCUT2D eigenvalue weighted by molar-refractivity contribution is -0.119. The van der Waals surface area contributed by atoms with E-state index in [1.165, 1.54) is 0 Å². The molecule has 24 heavy (non-hydrogen) atoms. The molecule has 0 bridgehead atoms. The topological polar surface area (TPSA) is 85.1 Å². The first-order chi connectivity index (χ1) is 11.4. The van der Waals surface area contributed by atoms with Crippen LogP contribution in [0.5, 0.6) is 0 Å². The summed E-state index contributed by atoms with van der Waals surface area (Å²) in [6.45, 7) is 6.02. The van der Waals surface area contributed by atoms with Gasteiger partial charge in [-0.3, -0.25) is 9.00 Å². The van der Waals surface area contributed by atoms with Crippen molar-refractivity contribution in [3.63, 3.8) is 0 Å². The summed E-state index contributed by atoms with van der Waals surface area (Å²) in [6.07, 6.45) is 0.714. The van der Waals surface area contributed by atoms with Crippen LogP contribution in [0.1, 0.15) is 44.1 Å². The van der Waals surface area contributed by atoms with Crippen LogP contribution in [0.2, 0.25) is 0 Å². The number of aromatic nitrogens is 2. The van der Waals surface area contributed by atoms with Crippen LogP contribution in [0.15, 0.2) is 34.9 Å². The van der Waals surface area contributed by atoms with E-state index >= 15 is 0 Å². The van der Waals surface area contributed by atoms with Gasteiger partial charge in [-0.05, 0) is 18.4 Å². The Labute approximate surface area is 144 Å². The van der Waals surface area contributed by atoms with Crippen LogP contribution >= 0.6 is 0 Å². The van der Waals surface area contributed by atoms with Gasteiger partial charge < -0.3 is 9.84 Å². The van der Waals surface area contributed by atoms with E-state index in [1.54, 1.807) is 0 Å². The zero-order valence-electron chi connectivity index (χ0n) is 14.2. The Balaban J connectivity index is 1.81. The summed E-state index contributed by atoms with van der Waals surface area (Å²) in [7, 11) is -1.38. The highest BCUT2D eigenvalue weighted by molar-refractivity contribution is 7.84. The summed E-state index contributed by atoms with van der Waals surface area (Å²) in [5, 5.41) is 6.70. The smallest absolute Gasteiger partial charge is 0.239 e. The van der Waals surface area contributed by atoms with Crippen molar-refractivity contribution in [3.05, 3.63) is 47.6 Å². The van der Waals surface area contributed by atoms with Crippen LogP contribution in [-0.2, 0) is 27.8 Å². The molecule has 1 aromatic carbocycles. The molecule has 0 saturated carbocycles. The third kappa shape index (κ3) is 5.88.